The van der Waals surface area contributed by atoms with Crippen molar-refractivity contribution in [2.75, 3.05) is 39.2 Å². The van der Waals surface area contributed by atoms with E-state index in [0.29, 0.717) is 9.87 Å². The largest absolute Gasteiger partial charge is 0.573 e. The van der Waals surface area contributed by atoms with Gasteiger partial charge in [0.15, 0.2) is 11.3 Å². The Labute approximate surface area is 286 Å². The lowest BCUT2D eigenvalue weighted by molar-refractivity contribution is -0.275. The van der Waals surface area contributed by atoms with Crippen molar-refractivity contribution in [1.82, 2.24) is 9.80 Å². The third-order valence-electron chi connectivity index (χ3n) is 8.36. The molecule has 1 unspecified atom stereocenters. The first kappa shape index (κ1) is 36.0. The standard InChI is InChI=1S/C33H33ClF3N3O8S/c1-6-7-19-8-12-27(47-5)24(14-19)32(39-18-21(41)16-26(39)30(42)38(2)3)23-15-20(34)9-11-25(23)40(31(32)43)49(44,45)29-13-10-22(46-4)17-28(29)48-33(35,36)37/h6-15,17,21,26,41H,16,18H2,1-5H3/b7-6-/t21-,26+,32?/m1/s1. The van der Waals surface area contributed by atoms with Crippen LogP contribution in [0.4, 0.5) is 18.9 Å². The van der Waals surface area contributed by atoms with E-state index in [-0.39, 0.29) is 46.3 Å². The first-order chi connectivity index (χ1) is 23.0. The Hall–Kier alpha value is -4.31. The number of rotatable bonds is 9. The summed E-state index contributed by atoms with van der Waals surface area (Å²) in [6.45, 7) is 1.49. The molecule has 3 aromatic rings. The number of carbonyl (C=O) groups excluding carboxylic acids is 2. The number of allylic oxidation sites excluding steroid dienone is 1. The van der Waals surface area contributed by atoms with Crippen LogP contribution < -0.4 is 18.5 Å². The van der Waals surface area contributed by atoms with Crippen molar-refractivity contribution in [2.24, 2.45) is 0 Å². The molecule has 0 aromatic heterocycles. The number of halogens is 4. The second kappa shape index (κ2) is 13.2. The van der Waals surface area contributed by atoms with Gasteiger partial charge < -0.3 is 24.2 Å². The monoisotopic (exact) mass is 723 g/mol. The van der Waals surface area contributed by atoms with Crippen molar-refractivity contribution in [2.45, 2.75) is 42.3 Å². The number of likely N-dealkylation sites (N-methyl/N-ethyl adjacent to an activating group) is 1. The highest BCUT2D eigenvalue weighted by Crippen LogP contribution is 2.55. The zero-order chi connectivity index (χ0) is 36.1. The van der Waals surface area contributed by atoms with E-state index in [2.05, 4.69) is 4.74 Å². The second-order valence-electron chi connectivity index (χ2n) is 11.6. The SMILES string of the molecule is C/C=C\c1ccc(OC)c(C2(N3C[C@H](O)C[C@H]3C(=O)N(C)C)C(=O)N(S(=O)(=O)c3ccc(OC)cc3OC(F)(F)F)c3ccc(Cl)cc32)c1. The van der Waals surface area contributed by atoms with Crippen LogP contribution in [0.25, 0.3) is 6.08 Å². The number of β-amino-alcohol motifs (C(OH)–C–C–N with tert-alkyl or cyclic N) is 1. The topological polar surface area (TPSA) is 126 Å². The van der Waals surface area contributed by atoms with Gasteiger partial charge in [0.25, 0.3) is 15.9 Å². The van der Waals surface area contributed by atoms with E-state index in [9.17, 15) is 31.5 Å². The van der Waals surface area contributed by atoms with Gasteiger partial charge in [0, 0.05) is 42.9 Å². The van der Waals surface area contributed by atoms with Crippen LogP contribution in [0.1, 0.15) is 30.0 Å². The number of amides is 2. The van der Waals surface area contributed by atoms with E-state index in [1.165, 1.54) is 56.3 Å². The summed E-state index contributed by atoms with van der Waals surface area (Å²) in [6, 6.07) is 10.3. The lowest BCUT2D eigenvalue weighted by Gasteiger charge is -2.42. The fourth-order valence-corrected chi connectivity index (χ4v) is 8.16. The number of likely N-dealkylation sites (tertiary alicyclic amines) is 1. The highest BCUT2D eigenvalue weighted by atomic mass is 35.5. The molecule has 1 N–H and O–H groups in total. The molecule has 2 aliphatic rings. The number of hydrogen-bond acceptors (Lipinski definition) is 9. The number of benzene rings is 3. The zero-order valence-electron chi connectivity index (χ0n) is 27.0. The number of methoxy groups -OCH3 is 2. The highest BCUT2D eigenvalue weighted by Gasteiger charge is 2.64. The van der Waals surface area contributed by atoms with Gasteiger partial charge in [-0.1, -0.05) is 29.8 Å². The summed E-state index contributed by atoms with van der Waals surface area (Å²) in [6.07, 6.45) is -3.10. The van der Waals surface area contributed by atoms with Crippen LogP contribution in [0.2, 0.25) is 5.02 Å². The molecule has 3 aromatic carbocycles. The number of aliphatic hydroxyl groups excluding tert-OH is 1. The first-order valence-electron chi connectivity index (χ1n) is 14.8. The highest BCUT2D eigenvalue weighted by molar-refractivity contribution is 7.93. The quantitative estimate of drug-likeness (QED) is 0.332. The summed E-state index contributed by atoms with van der Waals surface area (Å²) in [4.78, 5) is 30.8. The number of sulfonamides is 1. The van der Waals surface area contributed by atoms with E-state index in [4.69, 9.17) is 21.1 Å². The van der Waals surface area contributed by atoms with Crippen molar-refractivity contribution >= 4 is 45.2 Å². The number of carbonyl (C=O) groups is 2. The Morgan fingerprint density at radius 2 is 1.76 bits per heavy atom. The number of fused-ring (bicyclic) bond motifs is 1. The minimum absolute atomic E-state index is 0.0121. The summed E-state index contributed by atoms with van der Waals surface area (Å²) in [5.74, 6) is -2.84. The van der Waals surface area contributed by atoms with Crippen molar-refractivity contribution in [1.29, 1.82) is 0 Å². The van der Waals surface area contributed by atoms with Crippen LogP contribution in [0.15, 0.2) is 65.6 Å². The smallest absolute Gasteiger partial charge is 0.497 e. The molecule has 0 bridgehead atoms. The first-order valence-corrected chi connectivity index (χ1v) is 16.6. The van der Waals surface area contributed by atoms with Gasteiger partial charge in [0.1, 0.15) is 16.4 Å². The Bertz CT molecular complexity index is 1940. The molecule has 1 fully saturated rings. The predicted molar refractivity (Wildman–Crippen MR) is 174 cm³/mol. The van der Waals surface area contributed by atoms with Gasteiger partial charge in [-0.05, 0) is 61.4 Å². The molecule has 0 aliphatic carbocycles. The lowest BCUT2D eigenvalue weighted by Crippen LogP contribution is -2.59. The molecule has 11 nitrogen and oxygen atoms in total. The molecule has 2 heterocycles. The summed E-state index contributed by atoms with van der Waals surface area (Å²) in [5, 5.41) is 11.1. The molecule has 1 saturated heterocycles. The van der Waals surface area contributed by atoms with Crippen LogP contribution in [-0.2, 0) is 25.2 Å². The van der Waals surface area contributed by atoms with Crippen molar-refractivity contribution < 1.29 is 50.5 Å². The molecule has 3 atom stereocenters. The Balaban J connectivity index is 1.90. The Morgan fingerprint density at radius 3 is 2.37 bits per heavy atom. The third kappa shape index (κ3) is 6.20. The molecule has 0 saturated carbocycles. The van der Waals surface area contributed by atoms with Gasteiger partial charge in [0.2, 0.25) is 5.91 Å². The fourth-order valence-electron chi connectivity index (χ4n) is 6.43. The minimum Gasteiger partial charge on any atom is -0.497 e. The molecular weight excluding hydrogens is 691 g/mol. The molecule has 5 rings (SSSR count). The molecular formula is C33H33ClF3N3O8S. The zero-order valence-corrected chi connectivity index (χ0v) is 28.6. The molecule has 16 heteroatoms. The number of ether oxygens (including phenoxy) is 3. The van der Waals surface area contributed by atoms with Gasteiger partial charge >= 0.3 is 6.36 Å². The average molecular weight is 724 g/mol. The second-order valence-corrected chi connectivity index (χ2v) is 13.7. The van der Waals surface area contributed by atoms with Gasteiger partial charge in [-0.25, -0.2) is 12.7 Å². The lowest BCUT2D eigenvalue weighted by atomic mass is 9.80. The van der Waals surface area contributed by atoms with Gasteiger partial charge in [-0.2, -0.15) is 0 Å². The van der Waals surface area contributed by atoms with Crippen molar-refractivity contribution in [3.05, 3.63) is 82.4 Å². The molecule has 0 spiro atoms. The van der Waals surface area contributed by atoms with Gasteiger partial charge in [-0.15, -0.1) is 13.2 Å². The van der Waals surface area contributed by atoms with Crippen molar-refractivity contribution in [3.8, 4) is 17.2 Å². The van der Waals surface area contributed by atoms with E-state index in [1.807, 2.05) is 0 Å². The van der Waals surface area contributed by atoms with E-state index in [0.717, 1.165) is 18.2 Å². The van der Waals surface area contributed by atoms with Crippen LogP contribution in [-0.4, -0.2) is 88.5 Å². The van der Waals surface area contributed by atoms with E-state index in [1.54, 1.807) is 37.3 Å². The molecule has 2 aliphatic heterocycles. The molecule has 262 valence electrons. The number of aliphatic hydroxyl groups is 1. The molecule has 49 heavy (non-hydrogen) atoms. The Morgan fingerprint density at radius 1 is 1.04 bits per heavy atom. The van der Waals surface area contributed by atoms with E-state index < -0.39 is 56.5 Å². The molecule has 0 radical (unpaired) electrons. The molecule has 2 amide bonds. The normalized spacial score (nSPS) is 21.3. The number of anilines is 1. The van der Waals surface area contributed by atoms with Crippen LogP contribution in [0.5, 0.6) is 17.2 Å². The van der Waals surface area contributed by atoms with Gasteiger partial charge in [0.05, 0.1) is 32.1 Å². The average Bonchev–Trinajstić information content (AvgIpc) is 3.54. The third-order valence-corrected chi connectivity index (χ3v) is 10.3. The summed E-state index contributed by atoms with van der Waals surface area (Å²) in [5.41, 5.74) is -1.81. The van der Waals surface area contributed by atoms with Crippen LogP contribution >= 0.6 is 11.6 Å². The number of hydrogen-bond donors (Lipinski definition) is 1. The van der Waals surface area contributed by atoms with Gasteiger partial charge in [-0.3, -0.25) is 14.5 Å². The minimum atomic E-state index is -5.31. The summed E-state index contributed by atoms with van der Waals surface area (Å²) < 4.78 is 85.3. The fraction of sp³-hybridized carbons (Fsp3) is 0.333. The van der Waals surface area contributed by atoms with Crippen LogP contribution in [0.3, 0.4) is 0 Å². The maximum atomic E-state index is 15.4. The summed E-state index contributed by atoms with van der Waals surface area (Å²) >= 11 is 6.51. The number of nitrogens with zero attached hydrogens (tertiary/aromatic N) is 3. The predicted octanol–water partition coefficient (Wildman–Crippen LogP) is 4.79. The maximum Gasteiger partial charge on any atom is 0.573 e. The number of alkyl halides is 3. The maximum absolute atomic E-state index is 15.4. The van der Waals surface area contributed by atoms with E-state index >= 15 is 4.79 Å². The van der Waals surface area contributed by atoms with Crippen molar-refractivity contribution in [3.63, 3.8) is 0 Å². The van der Waals surface area contributed by atoms with Crippen LogP contribution in [0, 0.1) is 0 Å². The summed E-state index contributed by atoms with van der Waals surface area (Å²) in [7, 11) is 0.265. The Kier molecular flexibility index (Phi) is 9.69.